The van der Waals surface area contributed by atoms with Gasteiger partial charge in [0.25, 0.3) is 15.7 Å². The molecule has 0 aromatic heterocycles. The van der Waals surface area contributed by atoms with Crippen LogP contribution in [0.5, 0.6) is 0 Å². The van der Waals surface area contributed by atoms with Crippen molar-refractivity contribution in [3.8, 4) is 0 Å². The molecule has 0 fully saturated rings. The monoisotopic (exact) mass is 455 g/mol. The SMILES string of the molecule is O=[N+]([O-])c1ccc(CSC2=NCCN2S(=O)(=O)c2ccc(Br)cc2)cc1. The number of aliphatic imine (C=N–C) groups is 1. The third-order valence-corrected chi connectivity index (χ3v) is 7.21. The Labute approximate surface area is 163 Å². The van der Waals surface area contributed by atoms with Gasteiger partial charge in [-0.2, -0.15) is 0 Å². The Kier molecular flexibility index (Phi) is 5.64. The summed E-state index contributed by atoms with van der Waals surface area (Å²) in [4.78, 5) is 14.7. The summed E-state index contributed by atoms with van der Waals surface area (Å²) >= 11 is 4.60. The van der Waals surface area contributed by atoms with E-state index in [0.29, 0.717) is 24.0 Å². The molecule has 7 nitrogen and oxygen atoms in total. The lowest BCUT2D eigenvalue weighted by molar-refractivity contribution is -0.384. The number of nitrogens with zero attached hydrogens (tertiary/aromatic N) is 3. The van der Waals surface area contributed by atoms with E-state index in [2.05, 4.69) is 20.9 Å². The van der Waals surface area contributed by atoms with Gasteiger partial charge >= 0.3 is 0 Å². The van der Waals surface area contributed by atoms with Gasteiger partial charge in [0.05, 0.1) is 22.9 Å². The second-order valence-electron chi connectivity index (χ2n) is 5.41. The van der Waals surface area contributed by atoms with Gasteiger partial charge in [0, 0.05) is 22.4 Å². The van der Waals surface area contributed by atoms with Crippen molar-refractivity contribution in [2.45, 2.75) is 10.6 Å². The summed E-state index contributed by atoms with van der Waals surface area (Å²) in [5, 5.41) is 11.1. The number of halogens is 1. The van der Waals surface area contributed by atoms with E-state index in [4.69, 9.17) is 0 Å². The first-order chi connectivity index (χ1) is 12.4. The van der Waals surface area contributed by atoms with E-state index in [1.165, 1.54) is 28.2 Å². The zero-order valence-corrected chi connectivity index (χ0v) is 16.6. The fraction of sp³-hybridized carbons (Fsp3) is 0.188. The number of thioether (sulfide) groups is 1. The molecule has 0 spiro atoms. The highest BCUT2D eigenvalue weighted by atomic mass is 79.9. The Morgan fingerprint density at radius 3 is 2.42 bits per heavy atom. The molecule has 3 rings (SSSR count). The first-order valence-electron chi connectivity index (χ1n) is 7.57. The first kappa shape index (κ1) is 18.9. The second kappa shape index (κ2) is 7.77. The largest absolute Gasteiger partial charge is 0.269 e. The lowest BCUT2D eigenvalue weighted by Crippen LogP contribution is -2.32. The van der Waals surface area contributed by atoms with Crippen molar-refractivity contribution in [3.63, 3.8) is 0 Å². The minimum Gasteiger partial charge on any atom is -0.260 e. The maximum Gasteiger partial charge on any atom is 0.269 e. The van der Waals surface area contributed by atoms with Gasteiger partial charge in [-0.15, -0.1) is 0 Å². The molecular formula is C16H14BrN3O4S2. The van der Waals surface area contributed by atoms with Crippen molar-refractivity contribution in [2.75, 3.05) is 13.1 Å². The highest BCUT2D eigenvalue weighted by molar-refractivity contribution is 9.10. The molecule has 0 unspecified atom stereocenters. The summed E-state index contributed by atoms with van der Waals surface area (Å²) in [6, 6.07) is 12.7. The van der Waals surface area contributed by atoms with Gasteiger partial charge in [-0.1, -0.05) is 39.8 Å². The van der Waals surface area contributed by atoms with Crippen LogP contribution in [0.25, 0.3) is 0 Å². The highest BCUT2D eigenvalue weighted by Crippen LogP contribution is 2.27. The zero-order chi connectivity index (χ0) is 18.7. The molecule has 26 heavy (non-hydrogen) atoms. The molecule has 1 aliphatic heterocycles. The molecule has 0 bridgehead atoms. The average Bonchev–Trinajstić information content (AvgIpc) is 3.10. The predicted molar refractivity (Wildman–Crippen MR) is 105 cm³/mol. The van der Waals surface area contributed by atoms with Gasteiger partial charge in [0.15, 0.2) is 5.17 Å². The van der Waals surface area contributed by atoms with E-state index >= 15 is 0 Å². The van der Waals surface area contributed by atoms with Crippen LogP contribution in [-0.2, 0) is 15.8 Å². The molecule has 1 heterocycles. The van der Waals surface area contributed by atoms with Crippen LogP contribution in [-0.4, -0.2) is 35.9 Å². The van der Waals surface area contributed by atoms with Gasteiger partial charge in [-0.3, -0.25) is 15.1 Å². The Morgan fingerprint density at radius 2 is 1.81 bits per heavy atom. The Hall–Kier alpha value is -1.91. The number of hydrogen-bond donors (Lipinski definition) is 0. The van der Waals surface area contributed by atoms with Crippen LogP contribution in [0, 0.1) is 10.1 Å². The van der Waals surface area contributed by atoms with E-state index < -0.39 is 14.9 Å². The fourth-order valence-corrected chi connectivity index (χ4v) is 5.29. The van der Waals surface area contributed by atoms with Gasteiger partial charge in [-0.05, 0) is 29.8 Å². The van der Waals surface area contributed by atoms with E-state index in [9.17, 15) is 18.5 Å². The third-order valence-electron chi connectivity index (χ3n) is 3.68. The lowest BCUT2D eigenvalue weighted by atomic mass is 10.2. The molecule has 0 amide bonds. The van der Waals surface area contributed by atoms with Crippen LogP contribution in [0.4, 0.5) is 5.69 Å². The highest BCUT2D eigenvalue weighted by Gasteiger charge is 2.30. The Balaban J connectivity index is 1.72. The number of nitro groups is 1. The molecule has 0 atom stereocenters. The summed E-state index contributed by atoms with van der Waals surface area (Å²) < 4.78 is 27.8. The van der Waals surface area contributed by atoms with Crippen molar-refractivity contribution in [1.29, 1.82) is 0 Å². The summed E-state index contributed by atoms with van der Waals surface area (Å²) in [5.41, 5.74) is 0.882. The van der Waals surface area contributed by atoms with Gasteiger partial charge in [0.2, 0.25) is 0 Å². The van der Waals surface area contributed by atoms with Crippen molar-refractivity contribution in [1.82, 2.24) is 4.31 Å². The number of sulfonamides is 1. The molecule has 0 N–H and O–H groups in total. The predicted octanol–water partition coefficient (Wildman–Crippen LogP) is 3.65. The minimum absolute atomic E-state index is 0.0244. The van der Waals surface area contributed by atoms with Crippen LogP contribution in [0.3, 0.4) is 0 Å². The van der Waals surface area contributed by atoms with E-state index in [-0.39, 0.29) is 10.6 Å². The lowest BCUT2D eigenvalue weighted by Gasteiger charge is -2.20. The maximum atomic E-state index is 12.8. The number of nitro benzene ring substituents is 1. The van der Waals surface area contributed by atoms with E-state index in [1.807, 2.05) is 0 Å². The molecule has 2 aromatic rings. The second-order valence-corrected chi connectivity index (χ2v) is 9.13. The molecule has 0 saturated heterocycles. The van der Waals surface area contributed by atoms with Crippen molar-refractivity contribution >= 4 is 48.6 Å². The third kappa shape index (κ3) is 4.08. The first-order valence-corrected chi connectivity index (χ1v) is 10.8. The van der Waals surface area contributed by atoms with Crippen molar-refractivity contribution < 1.29 is 13.3 Å². The zero-order valence-electron chi connectivity index (χ0n) is 13.4. The molecule has 136 valence electrons. The molecule has 1 aliphatic rings. The number of hydrogen-bond acceptors (Lipinski definition) is 6. The standard InChI is InChI=1S/C16H14BrN3O4S2/c17-13-3-7-15(8-4-13)26(23,24)19-10-9-18-16(19)25-11-12-1-5-14(6-2-12)20(21)22/h1-8H,9-11H2. The smallest absolute Gasteiger partial charge is 0.260 e. The normalized spacial score (nSPS) is 14.3. The van der Waals surface area contributed by atoms with Crippen LogP contribution >= 0.6 is 27.7 Å². The fourth-order valence-electron chi connectivity index (χ4n) is 2.35. The molecule has 0 radical (unpaired) electrons. The van der Waals surface area contributed by atoms with Gasteiger partial charge in [0.1, 0.15) is 0 Å². The molecule has 2 aromatic carbocycles. The molecule has 0 saturated carbocycles. The quantitative estimate of drug-likeness (QED) is 0.506. The van der Waals surface area contributed by atoms with E-state index in [0.717, 1.165) is 10.0 Å². The maximum absolute atomic E-state index is 12.8. The van der Waals surface area contributed by atoms with Crippen molar-refractivity contribution in [3.05, 3.63) is 68.7 Å². The van der Waals surface area contributed by atoms with Crippen LogP contribution in [0.15, 0.2) is 62.9 Å². The topological polar surface area (TPSA) is 92.9 Å². The van der Waals surface area contributed by atoms with Crippen LogP contribution < -0.4 is 0 Å². The van der Waals surface area contributed by atoms with Crippen LogP contribution in [0.1, 0.15) is 5.56 Å². The van der Waals surface area contributed by atoms with E-state index in [1.54, 1.807) is 36.4 Å². The number of rotatable bonds is 5. The molecular weight excluding hydrogens is 442 g/mol. The van der Waals surface area contributed by atoms with Crippen molar-refractivity contribution in [2.24, 2.45) is 4.99 Å². The average molecular weight is 456 g/mol. The summed E-state index contributed by atoms with van der Waals surface area (Å²) in [7, 11) is -3.66. The van der Waals surface area contributed by atoms with Gasteiger partial charge < -0.3 is 0 Å². The van der Waals surface area contributed by atoms with Gasteiger partial charge in [-0.25, -0.2) is 12.7 Å². The minimum atomic E-state index is -3.66. The number of amidine groups is 1. The summed E-state index contributed by atoms with van der Waals surface area (Å²) in [6.07, 6.45) is 0. The molecule has 10 heteroatoms. The Bertz CT molecular complexity index is 944. The summed E-state index contributed by atoms with van der Waals surface area (Å²) in [6.45, 7) is 0.722. The Morgan fingerprint density at radius 1 is 1.15 bits per heavy atom. The molecule has 0 aliphatic carbocycles. The van der Waals surface area contributed by atoms with Crippen LogP contribution in [0.2, 0.25) is 0 Å². The number of non-ortho nitro benzene ring substituents is 1. The summed E-state index contributed by atoms with van der Waals surface area (Å²) in [5.74, 6) is 0.475. The number of benzene rings is 2.